The summed E-state index contributed by atoms with van der Waals surface area (Å²) in [5.74, 6) is 0.969. The van der Waals surface area contributed by atoms with Gasteiger partial charge in [-0.05, 0) is 38.3 Å². The van der Waals surface area contributed by atoms with E-state index in [0.29, 0.717) is 6.42 Å². The van der Waals surface area contributed by atoms with E-state index in [1.807, 2.05) is 19.3 Å². The van der Waals surface area contributed by atoms with Gasteiger partial charge in [-0.3, -0.25) is 4.55 Å². The van der Waals surface area contributed by atoms with Crippen molar-refractivity contribution >= 4 is 20.2 Å². The Kier molecular flexibility index (Phi) is 9.80. The molecule has 1 aromatic carbocycles. The second-order valence-electron chi connectivity index (χ2n) is 6.46. The maximum atomic E-state index is 10.5. The quantitative estimate of drug-likeness (QED) is 0.355. The number of rotatable bonds is 9. The van der Waals surface area contributed by atoms with Gasteiger partial charge in [0, 0.05) is 6.42 Å². The molecule has 0 saturated carbocycles. The Labute approximate surface area is 167 Å². The molecule has 0 spiro atoms. The third kappa shape index (κ3) is 9.98. The molecule has 0 saturated heterocycles. The zero-order chi connectivity index (χ0) is 21.2. The fourth-order valence-corrected chi connectivity index (χ4v) is 3.47. The van der Waals surface area contributed by atoms with Crippen molar-refractivity contribution in [2.45, 2.75) is 57.4 Å². The lowest BCUT2D eigenvalue weighted by molar-refractivity contribution is -0.703. The molecule has 0 bridgehead atoms. The molecule has 1 heterocycles. The van der Waals surface area contributed by atoms with Gasteiger partial charge >= 0.3 is 0 Å². The highest BCUT2D eigenvalue weighted by Crippen LogP contribution is 2.08. The van der Waals surface area contributed by atoms with E-state index in [-0.39, 0.29) is 10.6 Å². The predicted octanol–water partition coefficient (Wildman–Crippen LogP) is 2.21. The molecule has 1 aromatic heterocycles. The van der Waals surface area contributed by atoms with Gasteiger partial charge in [-0.25, -0.2) is 18.0 Å². The van der Waals surface area contributed by atoms with Crippen molar-refractivity contribution in [3.63, 3.8) is 0 Å². The molecule has 158 valence electrons. The fraction of sp³-hybridized carbons (Fsp3) is 0.500. The van der Waals surface area contributed by atoms with Gasteiger partial charge in [0.1, 0.15) is 22.5 Å². The standard InChI is InChI=1S/C11H20N2O3S.C7H8O3S/c1-2-3-8-13-9-7-12-11(13)6-4-5-10-17(14,15)16;1-6-2-4-7(5-3-6)11(8,9)10/h7,9H,2-6,8,10H2,1H3,(H,14,15,16);2-5H,1H3,(H,8,9,10). The minimum Gasteiger partial charge on any atom is -0.744 e. The van der Waals surface area contributed by atoms with Crippen LogP contribution in [0.5, 0.6) is 0 Å². The minimum atomic E-state index is -4.27. The van der Waals surface area contributed by atoms with E-state index in [1.165, 1.54) is 12.1 Å². The Bertz CT molecular complexity index is 919. The van der Waals surface area contributed by atoms with Crippen LogP contribution < -0.4 is 4.57 Å². The maximum absolute atomic E-state index is 10.5. The third-order valence-corrected chi connectivity index (χ3v) is 5.63. The molecule has 0 aliphatic rings. The molecule has 0 aliphatic heterocycles. The second kappa shape index (κ2) is 11.3. The van der Waals surface area contributed by atoms with Gasteiger partial charge in [0.05, 0.1) is 17.2 Å². The van der Waals surface area contributed by atoms with E-state index in [2.05, 4.69) is 16.5 Å². The van der Waals surface area contributed by atoms with E-state index in [9.17, 15) is 21.4 Å². The molecule has 2 N–H and O–H groups in total. The number of hydrogen-bond acceptors (Lipinski definition) is 5. The fourth-order valence-electron chi connectivity index (χ4n) is 2.43. The van der Waals surface area contributed by atoms with E-state index in [4.69, 9.17) is 4.55 Å². The lowest BCUT2D eigenvalue weighted by Crippen LogP contribution is -2.36. The second-order valence-corrected chi connectivity index (χ2v) is 9.42. The van der Waals surface area contributed by atoms with E-state index in [1.54, 1.807) is 12.1 Å². The molecule has 28 heavy (non-hydrogen) atoms. The number of H-pyrrole nitrogens is 1. The largest absolute Gasteiger partial charge is 0.744 e. The van der Waals surface area contributed by atoms with Crippen LogP contribution in [-0.4, -0.2) is 36.7 Å². The summed E-state index contributed by atoms with van der Waals surface area (Å²) in [4.78, 5) is 2.99. The Morgan fingerprint density at radius 2 is 1.71 bits per heavy atom. The van der Waals surface area contributed by atoms with Gasteiger partial charge < -0.3 is 4.55 Å². The molecule has 2 rings (SSSR count). The van der Waals surface area contributed by atoms with Gasteiger partial charge in [0.25, 0.3) is 15.9 Å². The Morgan fingerprint density at radius 3 is 2.25 bits per heavy atom. The van der Waals surface area contributed by atoms with Gasteiger partial charge in [0.2, 0.25) is 0 Å². The monoisotopic (exact) mass is 432 g/mol. The van der Waals surface area contributed by atoms with Crippen LogP contribution >= 0.6 is 0 Å². The van der Waals surface area contributed by atoms with Gasteiger partial charge in [-0.2, -0.15) is 8.42 Å². The van der Waals surface area contributed by atoms with Gasteiger partial charge in [-0.15, -0.1) is 0 Å². The number of aryl methyl sites for hydroxylation is 3. The first-order valence-corrected chi connectivity index (χ1v) is 12.1. The first kappa shape index (κ1) is 24.3. The molecule has 8 nitrogen and oxygen atoms in total. The van der Waals surface area contributed by atoms with Crippen LogP contribution in [0.3, 0.4) is 0 Å². The highest BCUT2D eigenvalue weighted by atomic mass is 32.2. The number of nitrogens with one attached hydrogen (secondary N) is 1. The molecule has 2 aromatic rings. The van der Waals surface area contributed by atoms with Crippen LogP contribution in [0.25, 0.3) is 0 Å². The van der Waals surface area contributed by atoms with Crippen LogP contribution in [-0.2, 0) is 33.2 Å². The van der Waals surface area contributed by atoms with Crippen LogP contribution in [0.4, 0.5) is 0 Å². The number of benzene rings is 1. The molecular weight excluding hydrogens is 404 g/mol. The summed E-state index contributed by atoms with van der Waals surface area (Å²) in [6.45, 7) is 4.97. The Balaban J connectivity index is 0.000000307. The number of aromatic amines is 1. The predicted molar refractivity (Wildman–Crippen MR) is 104 cm³/mol. The van der Waals surface area contributed by atoms with Crippen LogP contribution in [0, 0.1) is 6.92 Å². The highest BCUT2D eigenvalue weighted by Gasteiger charge is 2.10. The van der Waals surface area contributed by atoms with Crippen molar-refractivity contribution in [1.29, 1.82) is 0 Å². The first-order chi connectivity index (χ1) is 13.0. The van der Waals surface area contributed by atoms with Crippen molar-refractivity contribution in [1.82, 2.24) is 4.98 Å². The molecule has 0 atom stereocenters. The zero-order valence-corrected chi connectivity index (χ0v) is 17.8. The third-order valence-electron chi connectivity index (χ3n) is 3.98. The van der Waals surface area contributed by atoms with Crippen molar-refractivity contribution in [2.24, 2.45) is 0 Å². The molecule has 0 radical (unpaired) electrons. The number of unbranched alkanes of at least 4 members (excludes halogenated alkanes) is 2. The van der Waals surface area contributed by atoms with Crippen molar-refractivity contribution in [3.05, 3.63) is 48.0 Å². The lowest BCUT2D eigenvalue weighted by Gasteiger charge is -2.05. The molecular formula is C18H28N2O6S2. The summed E-state index contributed by atoms with van der Waals surface area (Å²) in [5, 5.41) is 0. The van der Waals surface area contributed by atoms with E-state index < -0.39 is 20.2 Å². The minimum absolute atomic E-state index is 0.150. The van der Waals surface area contributed by atoms with Gasteiger partial charge in [0.15, 0.2) is 0 Å². The topological polar surface area (TPSA) is 131 Å². The molecule has 0 amide bonds. The molecule has 10 heteroatoms. The van der Waals surface area contributed by atoms with Crippen molar-refractivity contribution in [3.8, 4) is 0 Å². The normalized spacial score (nSPS) is 11.7. The Hall–Kier alpha value is -1.75. The average molecular weight is 433 g/mol. The number of nitrogens with zero attached hydrogens (tertiary/aromatic N) is 1. The average Bonchev–Trinajstić information content (AvgIpc) is 3.03. The Morgan fingerprint density at radius 1 is 1.07 bits per heavy atom. The number of aromatic nitrogens is 2. The number of imidazole rings is 1. The van der Waals surface area contributed by atoms with E-state index in [0.717, 1.165) is 43.6 Å². The van der Waals surface area contributed by atoms with Crippen LogP contribution in [0.15, 0.2) is 41.6 Å². The SMILES string of the molecule is CCCC[n+]1cc[nH]c1CCCCS(=O)(=O)O.Cc1ccc(S(=O)(=O)[O-])cc1. The van der Waals surface area contributed by atoms with Crippen LogP contribution in [0.1, 0.15) is 44.0 Å². The highest BCUT2D eigenvalue weighted by molar-refractivity contribution is 7.86. The van der Waals surface area contributed by atoms with Crippen LogP contribution in [0.2, 0.25) is 0 Å². The molecule has 0 fully saturated rings. The van der Waals surface area contributed by atoms with E-state index >= 15 is 0 Å². The summed E-state index contributed by atoms with van der Waals surface area (Å²) in [7, 11) is -8.08. The number of hydrogen-bond donors (Lipinski definition) is 2. The van der Waals surface area contributed by atoms with Crippen molar-refractivity contribution < 1.29 is 30.5 Å². The first-order valence-electron chi connectivity index (χ1n) is 9.06. The smallest absolute Gasteiger partial charge is 0.264 e. The maximum Gasteiger partial charge on any atom is 0.264 e. The lowest BCUT2D eigenvalue weighted by atomic mass is 10.2. The summed E-state index contributed by atoms with van der Waals surface area (Å²) >= 11 is 0. The summed E-state index contributed by atoms with van der Waals surface area (Å²) in [6.07, 6.45) is 8.26. The van der Waals surface area contributed by atoms with Crippen molar-refractivity contribution in [2.75, 3.05) is 5.75 Å². The molecule has 0 aliphatic carbocycles. The summed E-state index contributed by atoms with van der Waals surface area (Å²) in [5.41, 5.74) is 0.928. The van der Waals surface area contributed by atoms with Gasteiger partial charge in [-0.1, -0.05) is 31.0 Å². The molecule has 0 unspecified atom stereocenters. The summed E-state index contributed by atoms with van der Waals surface area (Å²) in [6, 6.07) is 5.78. The zero-order valence-electron chi connectivity index (χ0n) is 16.2. The summed E-state index contributed by atoms with van der Waals surface area (Å²) < 4.78 is 63.0.